The lowest BCUT2D eigenvalue weighted by Gasteiger charge is -2.05. The first kappa shape index (κ1) is 27.7. The number of hydrazone groups is 1. The summed E-state index contributed by atoms with van der Waals surface area (Å²) in [6, 6.07) is 35.4. The fourth-order valence-electron chi connectivity index (χ4n) is 5.61. The van der Waals surface area contributed by atoms with Gasteiger partial charge < -0.3 is 13.7 Å². The van der Waals surface area contributed by atoms with E-state index in [2.05, 4.69) is 34.8 Å². The van der Waals surface area contributed by atoms with Gasteiger partial charge in [-0.25, -0.2) is 10.2 Å². The molecule has 5 aromatic carbocycles. The molecule has 8 heteroatoms. The SMILES string of the molecule is CC(=O)On1c(C)c(C=NNC(=O)c2cc3c(ccc4ccccc43)o2)c2ccccc21.c1ccc2c(c1)ccc1occc12. The highest BCUT2D eigenvalue weighted by Crippen LogP contribution is 2.29. The highest BCUT2D eigenvalue weighted by molar-refractivity contribution is 6.09. The van der Waals surface area contributed by atoms with Gasteiger partial charge in [-0.15, -0.1) is 0 Å². The van der Waals surface area contributed by atoms with Gasteiger partial charge in [0.25, 0.3) is 0 Å². The van der Waals surface area contributed by atoms with E-state index in [-0.39, 0.29) is 5.76 Å². The highest BCUT2D eigenvalue weighted by atomic mass is 16.7. The molecule has 8 rings (SSSR count). The normalized spacial score (nSPS) is 11.4. The van der Waals surface area contributed by atoms with Gasteiger partial charge >= 0.3 is 11.9 Å². The summed E-state index contributed by atoms with van der Waals surface area (Å²) in [6.07, 6.45) is 3.27. The summed E-state index contributed by atoms with van der Waals surface area (Å²) >= 11 is 0. The molecule has 0 spiro atoms. The lowest BCUT2D eigenvalue weighted by molar-refractivity contribution is -0.141. The van der Waals surface area contributed by atoms with Crippen LogP contribution in [0.1, 0.15) is 28.7 Å². The fraction of sp³-hybridized carbons (Fsp3) is 0.0541. The summed E-state index contributed by atoms with van der Waals surface area (Å²) in [4.78, 5) is 29.5. The van der Waals surface area contributed by atoms with Crippen LogP contribution in [0.2, 0.25) is 0 Å². The maximum absolute atomic E-state index is 12.6. The predicted octanol–water partition coefficient (Wildman–Crippen LogP) is 8.17. The zero-order valence-electron chi connectivity index (χ0n) is 24.5. The van der Waals surface area contributed by atoms with Crippen LogP contribution in [0.25, 0.3) is 54.4 Å². The molecule has 1 N–H and O–H groups in total. The lowest BCUT2D eigenvalue weighted by Crippen LogP contribution is -2.18. The first-order chi connectivity index (χ1) is 22.0. The van der Waals surface area contributed by atoms with E-state index in [1.54, 1.807) is 12.3 Å². The molecule has 0 atom stereocenters. The Morgan fingerprint density at radius 1 is 0.756 bits per heavy atom. The van der Waals surface area contributed by atoms with E-state index in [1.807, 2.05) is 85.8 Å². The quantitative estimate of drug-likeness (QED) is 0.164. The second-order valence-electron chi connectivity index (χ2n) is 10.5. The van der Waals surface area contributed by atoms with Crippen LogP contribution in [-0.2, 0) is 4.79 Å². The van der Waals surface area contributed by atoms with E-state index in [0.29, 0.717) is 11.3 Å². The smallest absolute Gasteiger partial charge is 0.329 e. The Hall–Kier alpha value is -6.15. The third-order valence-electron chi connectivity index (χ3n) is 7.70. The van der Waals surface area contributed by atoms with Gasteiger partial charge in [-0.3, -0.25) is 4.79 Å². The van der Waals surface area contributed by atoms with Crippen molar-refractivity contribution in [1.29, 1.82) is 0 Å². The molecule has 0 aliphatic heterocycles. The summed E-state index contributed by atoms with van der Waals surface area (Å²) in [7, 11) is 0. The van der Waals surface area contributed by atoms with Crippen molar-refractivity contribution in [3.05, 3.63) is 132 Å². The summed E-state index contributed by atoms with van der Waals surface area (Å²) in [5, 5.41) is 11.6. The van der Waals surface area contributed by atoms with Gasteiger partial charge in [-0.05, 0) is 58.8 Å². The number of para-hydroxylation sites is 1. The first-order valence-electron chi connectivity index (χ1n) is 14.4. The third-order valence-corrected chi connectivity index (χ3v) is 7.70. The Labute approximate surface area is 257 Å². The number of furan rings is 2. The number of nitrogens with one attached hydrogen (secondary N) is 1. The number of hydrogen-bond acceptors (Lipinski definition) is 6. The van der Waals surface area contributed by atoms with Crippen molar-refractivity contribution < 1.29 is 23.3 Å². The Balaban J connectivity index is 0.000000206. The number of amides is 1. The first-order valence-corrected chi connectivity index (χ1v) is 14.4. The number of nitrogens with zero attached hydrogens (tertiary/aromatic N) is 2. The van der Waals surface area contributed by atoms with Crippen LogP contribution in [0.15, 0.2) is 129 Å². The van der Waals surface area contributed by atoms with Crippen molar-refractivity contribution in [2.45, 2.75) is 13.8 Å². The number of hydrogen-bond donors (Lipinski definition) is 1. The zero-order chi connectivity index (χ0) is 30.9. The molecular formula is C37H27N3O5. The summed E-state index contributed by atoms with van der Waals surface area (Å²) < 4.78 is 12.5. The van der Waals surface area contributed by atoms with E-state index in [1.165, 1.54) is 34.0 Å². The van der Waals surface area contributed by atoms with Gasteiger partial charge in [0, 0.05) is 28.6 Å². The van der Waals surface area contributed by atoms with Crippen molar-refractivity contribution in [3.63, 3.8) is 0 Å². The molecule has 45 heavy (non-hydrogen) atoms. The van der Waals surface area contributed by atoms with Crippen molar-refractivity contribution in [2.24, 2.45) is 5.10 Å². The van der Waals surface area contributed by atoms with Crippen LogP contribution < -0.4 is 10.3 Å². The van der Waals surface area contributed by atoms with Gasteiger partial charge in [0.15, 0.2) is 5.76 Å². The van der Waals surface area contributed by atoms with Crippen LogP contribution in [0.5, 0.6) is 0 Å². The molecule has 0 fully saturated rings. The van der Waals surface area contributed by atoms with Crippen LogP contribution in [0.4, 0.5) is 0 Å². The second-order valence-corrected chi connectivity index (χ2v) is 10.5. The van der Waals surface area contributed by atoms with Gasteiger partial charge in [0.2, 0.25) is 0 Å². The van der Waals surface area contributed by atoms with E-state index in [4.69, 9.17) is 13.7 Å². The second kappa shape index (κ2) is 11.5. The molecule has 0 aliphatic rings. The van der Waals surface area contributed by atoms with Crippen LogP contribution >= 0.6 is 0 Å². The number of carbonyl (C=O) groups is 2. The molecule has 0 unspecified atom stereocenters. The highest BCUT2D eigenvalue weighted by Gasteiger charge is 2.16. The molecule has 8 nitrogen and oxygen atoms in total. The molecule has 0 radical (unpaired) electrons. The summed E-state index contributed by atoms with van der Waals surface area (Å²) in [5.74, 6) is -0.710. The van der Waals surface area contributed by atoms with Crippen molar-refractivity contribution in [1.82, 2.24) is 10.2 Å². The van der Waals surface area contributed by atoms with Gasteiger partial charge in [-0.2, -0.15) is 9.83 Å². The molecule has 3 aromatic heterocycles. The van der Waals surface area contributed by atoms with E-state index >= 15 is 0 Å². The topological polar surface area (TPSA) is 99.0 Å². The standard InChI is InChI=1S/C25H19N3O4.C12H8O/c1-15-21(19-9-5-6-10-22(19)28(15)32-16(2)29)14-26-27-25(30)24-13-20-18-8-4-3-7-17(18)11-12-23(20)31-24;1-2-4-10-9(3-1)5-6-12-11(10)7-8-13-12/h3-14H,1-2H3,(H,27,30);1-8H. The molecule has 0 saturated heterocycles. The van der Waals surface area contributed by atoms with Gasteiger partial charge in [0.1, 0.15) is 11.2 Å². The van der Waals surface area contributed by atoms with Gasteiger partial charge in [-0.1, -0.05) is 78.9 Å². The number of carbonyl (C=O) groups excluding carboxylic acids is 2. The van der Waals surface area contributed by atoms with Crippen LogP contribution in [0.3, 0.4) is 0 Å². The predicted molar refractivity (Wildman–Crippen MR) is 176 cm³/mol. The Kier molecular flexibility index (Phi) is 7.07. The minimum absolute atomic E-state index is 0.174. The molecular weight excluding hydrogens is 566 g/mol. The average molecular weight is 594 g/mol. The van der Waals surface area contributed by atoms with E-state index in [0.717, 1.165) is 38.2 Å². The minimum Gasteiger partial charge on any atom is -0.464 e. The summed E-state index contributed by atoms with van der Waals surface area (Å²) in [5.41, 5.74) is 6.27. The van der Waals surface area contributed by atoms with Gasteiger partial charge in [0.05, 0.1) is 23.7 Å². The lowest BCUT2D eigenvalue weighted by atomic mass is 10.1. The maximum atomic E-state index is 12.6. The van der Waals surface area contributed by atoms with E-state index in [9.17, 15) is 9.59 Å². The van der Waals surface area contributed by atoms with Crippen molar-refractivity contribution >= 4 is 72.5 Å². The molecule has 3 heterocycles. The van der Waals surface area contributed by atoms with Crippen LogP contribution in [-0.4, -0.2) is 22.8 Å². The molecule has 8 aromatic rings. The van der Waals surface area contributed by atoms with Crippen molar-refractivity contribution in [2.75, 3.05) is 0 Å². The number of fused-ring (bicyclic) bond motifs is 7. The number of rotatable bonds is 4. The average Bonchev–Trinajstić information content (AvgIpc) is 3.79. The molecule has 1 amide bonds. The Bertz CT molecular complexity index is 2410. The number of benzene rings is 5. The Morgan fingerprint density at radius 3 is 2.13 bits per heavy atom. The minimum atomic E-state index is -0.456. The number of aromatic nitrogens is 1. The molecule has 0 saturated carbocycles. The van der Waals surface area contributed by atoms with E-state index < -0.39 is 11.9 Å². The Morgan fingerprint density at radius 2 is 1.40 bits per heavy atom. The van der Waals surface area contributed by atoms with Crippen molar-refractivity contribution in [3.8, 4) is 0 Å². The largest absolute Gasteiger partial charge is 0.464 e. The summed E-state index contributed by atoms with van der Waals surface area (Å²) in [6.45, 7) is 3.16. The maximum Gasteiger partial charge on any atom is 0.329 e. The third kappa shape index (κ3) is 5.19. The van der Waals surface area contributed by atoms with Crippen LogP contribution in [0, 0.1) is 6.92 Å². The molecule has 0 aliphatic carbocycles. The fourth-order valence-corrected chi connectivity index (χ4v) is 5.61. The zero-order valence-corrected chi connectivity index (χ0v) is 24.5. The monoisotopic (exact) mass is 593 g/mol. The molecule has 0 bridgehead atoms. The molecule has 220 valence electrons.